The lowest BCUT2D eigenvalue weighted by Crippen LogP contribution is -2.37. The van der Waals surface area contributed by atoms with E-state index in [1.165, 1.54) is 6.07 Å². The maximum atomic E-state index is 11.4. The molecule has 84 valence electrons. The number of rotatable bonds is 4. The van der Waals surface area contributed by atoms with E-state index in [2.05, 4.69) is 4.98 Å². The van der Waals surface area contributed by atoms with E-state index in [1.807, 2.05) is 6.92 Å². The first kappa shape index (κ1) is 12.0. The van der Waals surface area contributed by atoms with E-state index in [0.29, 0.717) is 6.61 Å². The molecule has 1 rings (SSSR count). The van der Waals surface area contributed by atoms with Crippen LogP contribution in [0.5, 0.6) is 0 Å². The highest BCUT2D eigenvalue weighted by Gasteiger charge is 2.07. The fraction of sp³-hybridized carbons (Fsp3) is 0.556. The first-order chi connectivity index (χ1) is 7.04. The fourth-order valence-electron chi connectivity index (χ4n) is 1.26. The van der Waals surface area contributed by atoms with Crippen molar-refractivity contribution in [2.24, 2.45) is 0 Å². The minimum Gasteiger partial charge on any atom is -0.377 e. The molecule has 0 aliphatic heterocycles. The predicted octanol–water partition coefficient (Wildman–Crippen LogP) is 0.615. The van der Waals surface area contributed by atoms with Crippen LogP contribution in [0.3, 0.4) is 0 Å². The van der Waals surface area contributed by atoms with Crippen LogP contribution in [0.15, 0.2) is 15.7 Å². The van der Waals surface area contributed by atoms with Crippen LogP contribution >= 0.6 is 11.6 Å². The van der Waals surface area contributed by atoms with E-state index >= 15 is 0 Å². The van der Waals surface area contributed by atoms with Gasteiger partial charge in [0.15, 0.2) is 0 Å². The largest absolute Gasteiger partial charge is 0.377 e. The molecule has 0 saturated heterocycles. The Morgan fingerprint density at radius 3 is 2.80 bits per heavy atom. The Labute approximate surface area is 91.6 Å². The van der Waals surface area contributed by atoms with Gasteiger partial charge in [-0.2, -0.15) is 0 Å². The molecule has 1 aromatic heterocycles. The van der Waals surface area contributed by atoms with Crippen LogP contribution in [0, 0.1) is 0 Å². The number of hydrogen-bond acceptors (Lipinski definition) is 3. The second-order valence-corrected chi connectivity index (χ2v) is 3.54. The topological polar surface area (TPSA) is 64.1 Å². The van der Waals surface area contributed by atoms with E-state index in [-0.39, 0.29) is 17.8 Å². The van der Waals surface area contributed by atoms with Crippen LogP contribution in [0.25, 0.3) is 0 Å². The lowest BCUT2D eigenvalue weighted by molar-refractivity contribution is 0.0623. The van der Waals surface area contributed by atoms with Crippen LogP contribution < -0.4 is 11.2 Å². The summed E-state index contributed by atoms with van der Waals surface area (Å²) in [4.78, 5) is 25.1. The van der Waals surface area contributed by atoms with Gasteiger partial charge in [-0.3, -0.25) is 14.3 Å². The van der Waals surface area contributed by atoms with Gasteiger partial charge in [0.05, 0.1) is 12.6 Å². The monoisotopic (exact) mass is 232 g/mol. The maximum absolute atomic E-state index is 11.4. The number of H-pyrrole nitrogens is 1. The Kier molecular flexibility index (Phi) is 4.11. The molecular formula is C9H13ClN2O3. The maximum Gasteiger partial charge on any atom is 0.329 e. The summed E-state index contributed by atoms with van der Waals surface area (Å²) in [7, 11) is 0. The summed E-state index contributed by atoms with van der Waals surface area (Å²) in [6.07, 6.45) is -0.185. The molecule has 1 aromatic rings. The van der Waals surface area contributed by atoms with Gasteiger partial charge in [-0.05, 0) is 13.8 Å². The molecule has 0 aliphatic rings. The van der Waals surface area contributed by atoms with Crippen molar-refractivity contribution in [1.82, 2.24) is 9.55 Å². The average molecular weight is 233 g/mol. The number of aromatic nitrogens is 2. The standard InChI is InChI=1S/C9H13ClN2O3/c1-3-15-6(2)5-12-8(13)4-7(10)11-9(12)14/h4,6H,3,5H2,1-2H3,(H,11,14). The number of ether oxygens (including phenoxy) is 1. The number of hydrogen-bond donors (Lipinski definition) is 1. The third kappa shape index (κ3) is 3.21. The van der Waals surface area contributed by atoms with Crippen molar-refractivity contribution >= 4 is 11.6 Å². The van der Waals surface area contributed by atoms with Gasteiger partial charge < -0.3 is 4.74 Å². The molecule has 0 aromatic carbocycles. The van der Waals surface area contributed by atoms with Gasteiger partial charge in [0.1, 0.15) is 5.15 Å². The van der Waals surface area contributed by atoms with Crippen molar-refractivity contribution < 1.29 is 4.74 Å². The molecule has 0 saturated carbocycles. The molecule has 6 heteroatoms. The SMILES string of the molecule is CCOC(C)Cn1c(=O)cc(Cl)[nH]c1=O. The molecule has 0 radical (unpaired) electrons. The second kappa shape index (κ2) is 5.14. The van der Waals surface area contributed by atoms with Gasteiger partial charge in [-0.25, -0.2) is 4.79 Å². The lowest BCUT2D eigenvalue weighted by atomic mass is 10.4. The molecule has 0 spiro atoms. The summed E-state index contributed by atoms with van der Waals surface area (Å²) in [5.41, 5.74) is -0.936. The summed E-state index contributed by atoms with van der Waals surface area (Å²) in [6.45, 7) is 4.41. The van der Waals surface area contributed by atoms with Gasteiger partial charge in [-0.15, -0.1) is 0 Å². The summed E-state index contributed by atoms with van der Waals surface area (Å²) in [5.74, 6) is 0. The highest BCUT2D eigenvalue weighted by atomic mass is 35.5. The van der Waals surface area contributed by atoms with Crippen molar-refractivity contribution in [3.05, 3.63) is 32.1 Å². The fourth-order valence-corrected chi connectivity index (χ4v) is 1.43. The Bertz CT molecular complexity index is 406. The van der Waals surface area contributed by atoms with E-state index in [0.717, 1.165) is 4.57 Å². The van der Waals surface area contributed by atoms with E-state index in [1.54, 1.807) is 6.92 Å². The van der Waals surface area contributed by atoms with Gasteiger partial charge in [0.2, 0.25) is 0 Å². The average Bonchev–Trinajstić information content (AvgIpc) is 2.11. The minimum atomic E-state index is -0.515. The second-order valence-electron chi connectivity index (χ2n) is 3.14. The van der Waals surface area contributed by atoms with Crippen LogP contribution in [0.2, 0.25) is 5.15 Å². The number of aromatic amines is 1. The van der Waals surface area contributed by atoms with Gasteiger partial charge in [0.25, 0.3) is 5.56 Å². The summed E-state index contributed by atoms with van der Waals surface area (Å²) in [6, 6.07) is 1.17. The van der Waals surface area contributed by atoms with Gasteiger partial charge in [-0.1, -0.05) is 11.6 Å². The van der Waals surface area contributed by atoms with Crippen molar-refractivity contribution in [1.29, 1.82) is 0 Å². The summed E-state index contributed by atoms with van der Waals surface area (Å²) in [5, 5.41) is 0.0466. The van der Waals surface area contributed by atoms with Crippen LogP contribution in [0.4, 0.5) is 0 Å². The molecule has 5 nitrogen and oxygen atoms in total. The number of nitrogens with zero attached hydrogens (tertiary/aromatic N) is 1. The van der Waals surface area contributed by atoms with Crippen LogP contribution in [-0.4, -0.2) is 22.3 Å². The zero-order chi connectivity index (χ0) is 11.4. The Morgan fingerprint density at radius 1 is 1.60 bits per heavy atom. The molecule has 1 N–H and O–H groups in total. The predicted molar refractivity (Wildman–Crippen MR) is 57.4 cm³/mol. The van der Waals surface area contributed by atoms with Crippen molar-refractivity contribution in [2.45, 2.75) is 26.5 Å². The van der Waals surface area contributed by atoms with Crippen molar-refractivity contribution in [3.8, 4) is 0 Å². The lowest BCUT2D eigenvalue weighted by Gasteiger charge is -2.12. The molecule has 0 fully saturated rings. The molecule has 1 unspecified atom stereocenters. The Hall–Kier alpha value is -1.07. The quantitative estimate of drug-likeness (QED) is 0.774. The molecule has 15 heavy (non-hydrogen) atoms. The number of halogens is 1. The Balaban J connectivity index is 2.96. The highest BCUT2D eigenvalue weighted by Crippen LogP contribution is 1.96. The normalized spacial score (nSPS) is 12.7. The smallest absolute Gasteiger partial charge is 0.329 e. The molecule has 1 atom stereocenters. The minimum absolute atomic E-state index is 0.0466. The van der Waals surface area contributed by atoms with Gasteiger partial charge in [0, 0.05) is 12.7 Å². The summed E-state index contributed by atoms with van der Waals surface area (Å²) < 4.78 is 6.30. The molecule has 0 aliphatic carbocycles. The first-order valence-electron chi connectivity index (χ1n) is 4.66. The first-order valence-corrected chi connectivity index (χ1v) is 5.03. The number of nitrogens with one attached hydrogen (secondary N) is 1. The van der Waals surface area contributed by atoms with Gasteiger partial charge >= 0.3 is 5.69 Å². The molecule has 0 amide bonds. The molecule has 1 heterocycles. The van der Waals surface area contributed by atoms with E-state index < -0.39 is 11.2 Å². The van der Waals surface area contributed by atoms with Crippen molar-refractivity contribution in [2.75, 3.05) is 6.61 Å². The van der Waals surface area contributed by atoms with E-state index in [4.69, 9.17) is 16.3 Å². The third-order valence-electron chi connectivity index (χ3n) is 1.88. The summed E-state index contributed by atoms with van der Waals surface area (Å²) >= 11 is 5.52. The molecular weight excluding hydrogens is 220 g/mol. The van der Waals surface area contributed by atoms with Crippen molar-refractivity contribution in [3.63, 3.8) is 0 Å². The zero-order valence-corrected chi connectivity index (χ0v) is 9.37. The highest BCUT2D eigenvalue weighted by molar-refractivity contribution is 6.29. The van der Waals surface area contributed by atoms with Crippen LogP contribution in [0.1, 0.15) is 13.8 Å². The molecule has 0 bridgehead atoms. The zero-order valence-electron chi connectivity index (χ0n) is 8.62. The van der Waals surface area contributed by atoms with Crippen LogP contribution in [-0.2, 0) is 11.3 Å². The Morgan fingerprint density at radius 2 is 2.27 bits per heavy atom. The van der Waals surface area contributed by atoms with E-state index in [9.17, 15) is 9.59 Å². The third-order valence-corrected chi connectivity index (χ3v) is 2.08.